The molecule has 0 aromatic heterocycles. The van der Waals surface area contributed by atoms with Gasteiger partial charge in [0.05, 0.1) is 37.5 Å². The van der Waals surface area contributed by atoms with E-state index in [-0.39, 0.29) is 22.1 Å². The molecule has 0 amide bonds. The lowest BCUT2D eigenvalue weighted by Gasteiger charge is -2.24. The number of rotatable bonds is 7. The van der Waals surface area contributed by atoms with Crippen LogP contribution in [-0.2, 0) is 25.7 Å². The fourth-order valence-corrected chi connectivity index (χ4v) is 3.84. The zero-order chi connectivity index (χ0) is 21.8. The third-order valence-electron chi connectivity index (χ3n) is 3.93. The first kappa shape index (κ1) is 22.3. The van der Waals surface area contributed by atoms with E-state index in [0.717, 1.165) is 31.4 Å². The van der Waals surface area contributed by atoms with Crippen molar-refractivity contribution < 1.29 is 40.6 Å². The van der Waals surface area contributed by atoms with Gasteiger partial charge in [0.15, 0.2) is 11.5 Å². The van der Waals surface area contributed by atoms with E-state index in [0.29, 0.717) is 4.31 Å². The Balaban J connectivity index is 2.55. The van der Waals surface area contributed by atoms with Crippen molar-refractivity contribution in [3.63, 3.8) is 0 Å². The van der Waals surface area contributed by atoms with Gasteiger partial charge in [0.2, 0.25) is 0 Å². The maximum absolute atomic E-state index is 13.1. The highest BCUT2D eigenvalue weighted by Gasteiger charge is 2.32. The number of alkyl halides is 3. The zero-order valence-corrected chi connectivity index (χ0v) is 16.5. The van der Waals surface area contributed by atoms with E-state index in [1.807, 2.05) is 0 Å². The van der Waals surface area contributed by atoms with Crippen molar-refractivity contribution in [2.45, 2.75) is 11.1 Å². The first-order chi connectivity index (χ1) is 13.5. The van der Waals surface area contributed by atoms with Gasteiger partial charge in [-0.3, -0.25) is 9.10 Å². The van der Waals surface area contributed by atoms with Crippen molar-refractivity contribution in [1.82, 2.24) is 0 Å². The minimum absolute atomic E-state index is 0.124. The van der Waals surface area contributed by atoms with Crippen LogP contribution in [0.1, 0.15) is 5.56 Å². The Morgan fingerprint density at radius 3 is 2.03 bits per heavy atom. The molecule has 0 aliphatic carbocycles. The highest BCUT2D eigenvalue weighted by atomic mass is 32.2. The van der Waals surface area contributed by atoms with Gasteiger partial charge < -0.3 is 14.2 Å². The summed E-state index contributed by atoms with van der Waals surface area (Å²) in [6, 6.07) is 7.14. The monoisotopic (exact) mass is 433 g/mol. The quantitative estimate of drug-likeness (QED) is 0.625. The lowest BCUT2D eigenvalue weighted by molar-refractivity contribution is -0.139. The van der Waals surface area contributed by atoms with Crippen molar-refractivity contribution >= 4 is 21.7 Å². The number of halogens is 3. The summed E-state index contributed by atoms with van der Waals surface area (Å²) in [5, 5.41) is 0. The van der Waals surface area contributed by atoms with Gasteiger partial charge in [-0.25, -0.2) is 8.42 Å². The molecular weight excluding hydrogens is 415 g/mol. The second kappa shape index (κ2) is 8.60. The zero-order valence-electron chi connectivity index (χ0n) is 15.7. The normalized spacial score (nSPS) is 11.7. The van der Waals surface area contributed by atoms with Gasteiger partial charge in [-0.05, 0) is 36.4 Å². The molecule has 0 fully saturated rings. The summed E-state index contributed by atoms with van der Waals surface area (Å²) in [7, 11) is -0.595. The fourth-order valence-electron chi connectivity index (χ4n) is 2.42. The first-order valence-corrected chi connectivity index (χ1v) is 9.47. The maximum atomic E-state index is 13.1. The van der Waals surface area contributed by atoms with Crippen LogP contribution in [0.2, 0.25) is 0 Å². The molecule has 2 aromatic rings. The molecule has 29 heavy (non-hydrogen) atoms. The Kier molecular flexibility index (Phi) is 6.62. The number of benzene rings is 2. The molecule has 0 saturated heterocycles. The van der Waals surface area contributed by atoms with Crippen molar-refractivity contribution in [3.05, 3.63) is 48.0 Å². The molecule has 2 aromatic carbocycles. The summed E-state index contributed by atoms with van der Waals surface area (Å²) in [6.45, 7) is -0.738. The Bertz CT molecular complexity index is 974. The van der Waals surface area contributed by atoms with Crippen LogP contribution in [0.3, 0.4) is 0 Å². The number of hydrogen-bond acceptors (Lipinski definition) is 6. The predicted octanol–water partition coefficient (Wildman–Crippen LogP) is 3.09. The van der Waals surface area contributed by atoms with Crippen molar-refractivity contribution in [2.75, 3.05) is 32.2 Å². The van der Waals surface area contributed by atoms with Gasteiger partial charge >= 0.3 is 12.1 Å². The number of carbonyl (C=O) groups is 1. The van der Waals surface area contributed by atoms with Crippen LogP contribution in [-0.4, -0.2) is 42.3 Å². The second-order valence-corrected chi connectivity index (χ2v) is 7.51. The van der Waals surface area contributed by atoms with E-state index in [2.05, 4.69) is 4.74 Å². The second-order valence-electron chi connectivity index (χ2n) is 5.65. The molecule has 0 spiro atoms. The first-order valence-electron chi connectivity index (χ1n) is 8.03. The van der Waals surface area contributed by atoms with Crippen LogP contribution in [0.25, 0.3) is 0 Å². The minimum atomic E-state index is -4.59. The molecule has 0 radical (unpaired) electrons. The molecule has 0 aliphatic heterocycles. The van der Waals surface area contributed by atoms with Crippen LogP contribution in [0.15, 0.2) is 47.4 Å². The number of methoxy groups -OCH3 is 3. The van der Waals surface area contributed by atoms with E-state index in [4.69, 9.17) is 9.47 Å². The molecule has 0 atom stereocenters. The van der Waals surface area contributed by atoms with E-state index in [1.54, 1.807) is 0 Å². The van der Waals surface area contributed by atoms with Gasteiger partial charge in [-0.1, -0.05) is 0 Å². The molecule has 158 valence electrons. The summed E-state index contributed by atoms with van der Waals surface area (Å²) < 4.78 is 80.0. The number of hydrogen-bond donors (Lipinski definition) is 0. The number of esters is 1. The van der Waals surface area contributed by atoms with E-state index in [1.165, 1.54) is 32.4 Å². The average molecular weight is 433 g/mol. The number of ether oxygens (including phenoxy) is 3. The molecule has 0 aliphatic rings. The predicted molar refractivity (Wildman–Crippen MR) is 97.5 cm³/mol. The maximum Gasteiger partial charge on any atom is 0.416 e. The lowest BCUT2D eigenvalue weighted by Crippen LogP contribution is -2.36. The lowest BCUT2D eigenvalue weighted by atomic mass is 10.2. The summed E-state index contributed by atoms with van der Waals surface area (Å²) in [5.41, 5.74) is -1.10. The van der Waals surface area contributed by atoms with Crippen molar-refractivity contribution in [1.29, 1.82) is 0 Å². The van der Waals surface area contributed by atoms with E-state index < -0.39 is 34.3 Å². The van der Waals surface area contributed by atoms with Gasteiger partial charge in [-0.2, -0.15) is 13.2 Å². The smallest absolute Gasteiger partial charge is 0.416 e. The largest absolute Gasteiger partial charge is 0.493 e. The Labute approximate surface area is 165 Å². The molecule has 0 N–H and O–H groups in total. The van der Waals surface area contributed by atoms with Gasteiger partial charge in [0, 0.05) is 6.07 Å². The number of carbonyl (C=O) groups excluding carboxylic acids is 1. The number of anilines is 1. The summed E-state index contributed by atoms with van der Waals surface area (Å²) in [6.07, 6.45) is -4.59. The summed E-state index contributed by atoms with van der Waals surface area (Å²) in [5.74, 6) is -0.492. The SMILES string of the molecule is COC(=O)CN(c1ccc(C(F)(F)F)cc1)S(=O)(=O)c1ccc(OC)c(OC)c1. The van der Waals surface area contributed by atoms with Crippen LogP contribution < -0.4 is 13.8 Å². The third kappa shape index (κ3) is 4.91. The molecular formula is C18H18F3NO6S. The van der Waals surface area contributed by atoms with Gasteiger partial charge in [0.1, 0.15) is 6.54 Å². The van der Waals surface area contributed by atoms with Crippen LogP contribution in [0.4, 0.5) is 18.9 Å². The molecule has 0 saturated carbocycles. The van der Waals surface area contributed by atoms with Gasteiger partial charge in [0.25, 0.3) is 10.0 Å². The fraction of sp³-hybridized carbons (Fsp3) is 0.278. The third-order valence-corrected chi connectivity index (χ3v) is 5.70. The van der Waals surface area contributed by atoms with Crippen LogP contribution in [0, 0.1) is 0 Å². The summed E-state index contributed by atoms with van der Waals surface area (Å²) in [4.78, 5) is 11.5. The molecule has 11 heteroatoms. The van der Waals surface area contributed by atoms with Crippen LogP contribution >= 0.6 is 0 Å². The van der Waals surface area contributed by atoms with Crippen LogP contribution in [0.5, 0.6) is 11.5 Å². The molecule has 2 rings (SSSR count). The molecule has 0 unspecified atom stereocenters. The Hall–Kier alpha value is -2.95. The highest BCUT2D eigenvalue weighted by Crippen LogP contribution is 2.34. The number of sulfonamides is 1. The van der Waals surface area contributed by atoms with Crippen molar-refractivity contribution in [3.8, 4) is 11.5 Å². The van der Waals surface area contributed by atoms with E-state index in [9.17, 15) is 26.4 Å². The Morgan fingerprint density at radius 1 is 0.966 bits per heavy atom. The standard InChI is InChI=1S/C18H18F3NO6S/c1-26-15-9-8-14(10-16(15)27-2)29(24,25)22(11-17(23)28-3)13-6-4-12(5-7-13)18(19,20)21/h4-10H,11H2,1-3H3. The number of nitrogens with zero attached hydrogens (tertiary/aromatic N) is 1. The minimum Gasteiger partial charge on any atom is -0.493 e. The highest BCUT2D eigenvalue weighted by molar-refractivity contribution is 7.92. The average Bonchev–Trinajstić information content (AvgIpc) is 2.70. The molecule has 0 bridgehead atoms. The summed E-state index contributed by atoms with van der Waals surface area (Å²) >= 11 is 0. The van der Waals surface area contributed by atoms with E-state index >= 15 is 0 Å². The molecule has 0 heterocycles. The van der Waals surface area contributed by atoms with Crippen molar-refractivity contribution in [2.24, 2.45) is 0 Å². The topological polar surface area (TPSA) is 82.1 Å². The Morgan fingerprint density at radius 2 is 1.55 bits per heavy atom. The van der Waals surface area contributed by atoms with Gasteiger partial charge in [-0.15, -0.1) is 0 Å². The molecule has 7 nitrogen and oxygen atoms in total.